The van der Waals surface area contributed by atoms with Crippen molar-refractivity contribution < 1.29 is 9.53 Å². The highest BCUT2D eigenvalue weighted by molar-refractivity contribution is 5.94. The van der Waals surface area contributed by atoms with Gasteiger partial charge in [0.1, 0.15) is 11.4 Å². The Balaban J connectivity index is 1.45. The molecule has 1 amide bonds. The predicted octanol–water partition coefficient (Wildman–Crippen LogP) is 4.45. The number of carbonyl (C=O) groups is 1. The largest absolute Gasteiger partial charge is 0.488 e. The normalized spacial score (nSPS) is 15.4. The fourth-order valence-corrected chi connectivity index (χ4v) is 3.34. The van der Waals surface area contributed by atoms with Gasteiger partial charge in [-0.25, -0.2) is 0 Å². The molecular weight excluding hydrogens is 312 g/mol. The van der Waals surface area contributed by atoms with Gasteiger partial charge in [0, 0.05) is 22.8 Å². The molecule has 25 heavy (non-hydrogen) atoms. The van der Waals surface area contributed by atoms with E-state index in [2.05, 4.69) is 30.2 Å². The van der Waals surface area contributed by atoms with E-state index in [1.807, 2.05) is 42.6 Å². The third-order valence-electron chi connectivity index (χ3n) is 4.71. The van der Waals surface area contributed by atoms with Crippen LogP contribution in [0.15, 0.2) is 48.7 Å². The van der Waals surface area contributed by atoms with E-state index in [-0.39, 0.29) is 11.5 Å². The minimum absolute atomic E-state index is 0.00751. The van der Waals surface area contributed by atoms with Crippen molar-refractivity contribution in [1.29, 1.82) is 0 Å². The topological polar surface area (TPSA) is 54.1 Å². The smallest absolute Gasteiger partial charge is 0.228 e. The van der Waals surface area contributed by atoms with Crippen molar-refractivity contribution in [3.63, 3.8) is 0 Å². The molecule has 128 valence electrons. The molecule has 0 saturated carbocycles. The molecule has 0 spiro atoms. The maximum Gasteiger partial charge on any atom is 0.228 e. The van der Waals surface area contributed by atoms with Gasteiger partial charge in [-0.15, -0.1) is 0 Å². The second-order valence-corrected chi connectivity index (χ2v) is 7.31. The van der Waals surface area contributed by atoms with Crippen LogP contribution in [0, 0.1) is 0 Å². The van der Waals surface area contributed by atoms with Crippen LogP contribution in [0.3, 0.4) is 0 Å². The summed E-state index contributed by atoms with van der Waals surface area (Å²) in [5.41, 5.74) is 3.99. The summed E-state index contributed by atoms with van der Waals surface area (Å²) in [4.78, 5) is 15.5. The summed E-state index contributed by atoms with van der Waals surface area (Å²) >= 11 is 0. The number of fused-ring (bicyclic) bond motifs is 2. The Kier molecular flexibility index (Phi) is 3.75. The van der Waals surface area contributed by atoms with Gasteiger partial charge < -0.3 is 15.0 Å². The zero-order valence-corrected chi connectivity index (χ0v) is 14.6. The van der Waals surface area contributed by atoms with E-state index in [1.54, 1.807) is 0 Å². The van der Waals surface area contributed by atoms with E-state index in [0.717, 1.165) is 40.7 Å². The molecule has 0 radical (unpaired) electrons. The number of aromatic nitrogens is 1. The predicted molar refractivity (Wildman–Crippen MR) is 100 cm³/mol. The van der Waals surface area contributed by atoms with Gasteiger partial charge in [-0.1, -0.05) is 12.1 Å². The third kappa shape index (κ3) is 3.38. The number of nitrogens with one attached hydrogen (secondary N) is 2. The lowest BCUT2D eigenvalue weighted by molar-refractivity contribution is -0.115. The molecule has 2 heterocycles. The summed E-state index contributed by atoms with van der Waals surface area (Å²) in [6.45, 7) is 4.22. The number of benzene rings is 2. The number of hydrogen-bond donors (Lipinski definition) is 2. The van der Waals surface area contributed by atoms with Crippen molar-refractivity contribution in [3.8, 4) is 5.75 Å². The molecule has 3 aromatic rings. The Morgan fingerprint density at radius 3 is 2.96 bits per heavy atom. The van der Waals surface area contributed by atoms with Crippen LogP contribution < -0.4 is 10.1 Å². The minimum Gasteiger partial charge on any atom is -0.488 e. The van der Waals surface area contributed by atoms with Crippen molar-refractivity contribution >= 4 is 22.5 Å². The number of rotatable bonds is 3. The fraction of sp³-hybridized carbons (Fsp3) is 0.286. The van der Waals surface area contributed by atoms with Crippen molar-refractivity contribution in [2.75, 3.05) is 5.32 Å². The highest BCUT2D eigenvalue weighted by atomic mass is 16.5. The van der Waals surface area contributed by atoms with Crippen LogP contribution in [-0.4, -0.2) is 16.5 Å². The van der Waals surface area contributed by atoms with E-state index >= 15 is 0 Å². The standard InChI is InChI=1S/C21H22N2O2/c1-21(2)9-7-16-11-14(3-6-19(16)25-21)12-20(24)23-17-4-5-18-15(13-17)8-10-22-18/h3-6,8,10-11,13,22H,7,9,12H2,1-2H3,(H,23,24). The van der Waals surface area contributed by atoms with E-state index < -0.39 is 0 Å². The molecule has 0 unspecified atom stereocenters. The maximum absolute atomic E-state index is 12.4. The third-order valence-corrected chi connectivity index (χ3v) is 4.71. The molecule has 4 heteroatoms. The average Bonchev–Trinajstić information content (AvgIpc) is 3.02. The highest BCUT2D eigenvalue weighted by Gasteiger charge is 2.26. The second-order valence-electron chi connectivity index (χ2n) is 7.31. The lowest BCUT2D eigenvalue weighted by atomic mass is 9.93. The van der Waals surface area contributed by atoms with E-state index in [4.69, 9.17) is 4.74 Å². The van der Waals surface area contributed by atoms with Gasteiger partial charge in [-0.05, 0) is 68.1 Å². The van der Waals surface area contributed by atoms with Crippen molar-refractivity contribution in [2.45, 2.75) is 38.7 Å². The summed E-state index contributed by atoms with van der Waals surface area (Å²) in [7, 11) is 0. The minimum atomic E-state index is -0.108. The van der Waals surface area contributed by atoms with Crippen LogP contribution in [0.25, 0.3) is 10.9 Å². The lowest BCUT2D eigenvalue weighted by Crippen LogP contribution is -2.32. The van der Waals surface area contributed by atoms with Crippen LogP contribution in [0.2, 0.25) is 0 Å². The fourth-order valence-electron chi connectivity index (χ4n) is 3.34. The Bertz CT molecular complexity index is 940. The van der Waals surface area contributed by atoms with Gasteiger partial charge in [0.15, 0.2) is 0 Å². The number of anilines is 1. The molecule has 1 aromatic heterocycles. The maximum atomic E-state index is 12.4. The van der Waals surface area contributed by atoms with Crippen molar-refractivity contribution in [1.82, 2.24) is 4.98 Å². The van der Waals surface area contributed by atoms with Crippen LogP contribution in [0.5, 0.6) is 5.75 Å². The monoisotopic (exact) mass is 334 g/mol. The van der Waals surface area contributed by atoms with Gasteiger partial charge in [0.05, 0.1) is 6.42 Å². The molecule has 4 rings (SSSR count). The van der Waals surface area contributed by atoms with Crippen molar-refractivity contribution in [3.05, 3.63) is 59.8 Å². The Morgan fingerprint density at radius 2 is 2.08 bits per heavy atom. The molecular formula is C21H22N2O2. The molecule has 1 aliphatic heterocycles. The lowest BCUT2D eigenvalue weighted by Gasteiger charge is -2.32. The van der Waals surface area contributed by atoms with Gasteiger partial charge >= 0.3 is 0 Å². The first kappa shape index (κ1) is 15.8. The summed E-state index contributed by atoms with van der Waals surface area (Å²) in [5.74, 6) is 0.935. The quantitative estimate of drug-likeness (QED) is 0.743. The highest BCUT2D eigenvalue weighted by Crippen LogP contribution is 2.33. The number of carbonyl (C=O) groups excluding carboxylic acids is 1. The Morgan fingerprint density at radius 1 is 1.20 bits per heavy atom. The Hall–Kier alpha value is -2.75. The van der Waals surface area contributed by atoms with Crippen LogP contribution in [-0.2, 0) is 17.6 Å². The van der Waals surface area contributed by atoms with E-state index in [9.17, 15) is 4.79 Å². The molecule has 0 aliphatic carbocycles. The average molecular weight is 334 g/mol. The van der Waals surface area contributed by atoms with Crippen molar-refractivity contribution in [2.24, 2.45) is 0 Å². The molecule has 2 aromatic carbocycles. The molecule has 1 aliphatic rings. The van der Waals surface area contributed by atoms with Gasteiger partial charge in [-0.2, -0.15) is 0 Å². The van der Waals surface area contributed by atoms with E-state index in [0.29, 0.717) is 6.42 Å². The molecule has 2 N–H and O–H groups in total. The second kappa shape index (κ2) is 5.96. The molecule has 0 bridgehead atoms. The molecule has 0 atom stereocenters. The zero-order valence-electron chi connectivity index (χ0n) is 14.6. The van der Waals surface area contributed by atoms with E-state index in [1.165, 1.54) is 5.56 Å². The number of hydrogen-bond acceptors (Lipinski definition) is 2. The van der Waals surface area contributed by atoms with Crippen LogP contribution >= 0.6 is 0 Å². The number of amides is 1. The first-order valence-electron chi connectivity index (χ1n) is 8.66. The number of ether oxygens (including phenoxy) is 1. The summed E-state index contributed by atoms with van der Waals surface area (Å²) in [5, 5.41) is 4.07. The van der Waals surface area contributed by atoms with Crippen LogP contribution in [0.1, 0.15) is 31.4 Å². The summed E-state index contributed by atoms with van der Waals surface area (Å²) in [6, 6.07) is 13.9. The number of aromatic amines is 1. The first-order valence-corrected chi connectivity index (χ1v) is 8.66. The first-order chi connectivity index (χ1) is 12.0. The van der Waals surface area contributed by atoms with Gasteiger partial charge in [-0.3, -0.25) is 4.79 Å². The molecule has 0 fully saturated rings. The van der Waals surface area contributed by atoms with Gasteiger partial charge in [0.25, 0.3) is 0 Å². The number of H-pyrrole nitrogens is 1. The molecule has 0 saturated heterocycles. The summed E-state index contributed by atoms with van der Waals surface area (Å²) < 4.78 is 6.00. The SMILES string of the molecule is CC1(C)CCc2cc(CC(=O)Nc3ccc4[nH]ccc4c3)ccc2O1. The van der Waals surface area contributed by atoms with Gasteiger partial charge in [0.2, 0.25) is 5.91 Å². The Labute approximate surface area is 147 Å². The number of aryl methyl sites for hydroxylation is 1. The summed E-state index contributed by atoms with van der Waals surface area (Å²) in [6.07, 6.45) is 4.24. The zero-order chi connectivity index (χ0) is 17.4. The van der Waals surface area contributed by atoms with Crippen LogP contribution in [0.4, 0.5) is 5.69 Å². The molecule has 4 nitrogen and oxygen atoms in total.